The van der Waals surface area contributed by atoms with E-state index >= 15 is 0 Å². The monoisotopic (exact) mass is 363 g/mol. The van der Waals surface area contributed by atoms with Gasteiger partial charge in [-0.1, -0.05) is 12.1 Å². The summed E-state index contributed by atoms with van der Waals surface area (Å²) in [6, 6.07) is 7.43. The van der Waals surface area contributed by atoms with Crippen molar-refractivity contribution >= 4 is 27.3 Å². The zero-order valence-corrected chi connectivity index (χ0v) is 15.0. The Morgan fingerprint density at radius 1 is 1.36 bits per heavy atom. The molecule has 1 N–H and O–H groups in total. The van der Waals surface area contributed by atoms with Crippen molar-refractivity contribution in [3.63, 3.8) is 0 Å². The second kappa shape index (κ2) is 7.22. The smallest absolute Gasteiger partial charge is 0.247 e. The number of nitrogens with zero attached hydrogens (tertiary/aromatic N) is 4. The Labute approximate surface area is 147 Å². The molecule has 1 atom stereocenters. The summed E-state index contributed by atoms with van der Waals surface area (Å²) < 4.78 is 28.9. The van der Waals surface area contributed by atoms with E-state index in [1.54, 1.807) is 11.9 Å². The minimum Gasteiger partial charge on any atom is -0.492 e. The third kappa shape index (κ3) is 4.16. The van der Waals surface area contributed by atoms with Crippen LogP contribution in [-0.2, 0) is 9.84 Å². The highest BCUT2D eigenvalue weighted by Crippen LogP contribution is 2.27. The van der Waals surface area contributed by atoms with E-state index in [1.807, 2.05) is 31.2 Å². The zero-order valence-electron chi connectivity index (χ0n) is 14.2. The molecule has 1 fully saturated rings. The molecular formula is C16H21N5O3S. The van der Waals surface area contributed by atoms with E-state index in [1.165, 1.54) is 6.20 Å². The highest BCUT2D eigenvalue weighted by atomic mass is 32.2. The fraction of sp³-hybridized carbons (Fsp3) is 0.438. The number of hydrogen-bond donors (Lipinski definition) is 1. The first-order valence-electron chi connectivity index (χ1n) is 8.10. The Kier molecular flexibility index (Phi) is 5.03. The maximum Gasteiger partial charge on any atom is 0.247 e. The molecule has 8 nitrogen and oxygen atoms in total. The normalized spacial score (nSPS) is 18.7. The van der Waals surface area contributed by atoms with Crippen LogP contribution in [0.25, 0.3) is 0 Å². The van der Waals surface area contributed by atoms with Gasteiger partial charge in [-0.15, -0.1) is 5.10 Å². The van der Waals surface area contributed by atoms with Crippen molar-refractivity contribution in [1.82, 2.24) is 15.2 Å². The van der Waals surface area contributed by atoms with Crippen molar-refractivity contribution in [3.8, 4) is 5.75 Å². The lowest BCUT2D eigenvalue weighted by Gasteiger charge is -2.23. The minimum atomic E-state index is -2.97. The van der Waals surface area contributed by atoms with E-state index in [0.717, 1.165) is 11.4 Å². The summed E-state index contributed by atoms with van der Waals surface area (Å²) in [6.45, 7) is 2.48. The van der Waals surface area contributed by atoms with Gasteiger partial charge in [0.05, 0.1) is 30.0 Å². The average molecular weight is 363 g/mol. The van der Waals surface area contributed by atoms with Crippen molar-refractivity contribution in [1.29, 1.82) is 0 Å². The number of rotatable bonds is 6. The van der Waals surface area contributed by atoms with Crippen molar-refractivity contribution in [3.05, 3.63) is 30.5 Å². The first-order valence-corrected chi connectivity index (χ1v) is 9.92. The van der Waals surface area contributed by atoms with Gasteiger partial charge in [0.2, 0.25) is 5.95 Å². The predicted molar refractivity (Wildman–Crippen MR) is 96.2 cm³/mol. The first kappa shape index (κ1) is 17.4. The number of sulfone groups is 1. The lowest BCUT2D eigenvalue weighted by molar-refractivity contribution is 0.342. The Morgan fingerprint density at radius 2 is 2.16 bits per heavy atom. The molecule has 2 aromatic rings. The topological polar surface area (TPSA) is 97.3 Å². The summed E-state index contributed by atoms with van der Waals surface area (Å²) in [4.78, 5) is 6.23. The Bertz CT molecular complexity index is 843. The van der Waals surface area contributed by atoms with Gasteiger partial charge in [0.25, 0.3) is 0 Å². The molecule has 0 spiro atoms. The van der Waals surface area contributed by atoms with Crippen molar-refractivity contribution in [2.24, 2.45) is 0 Å². The van der Waals surface area contributed by atoms with Gasteiger partial charge in [0.1, 0.15) is 5.75 Å². The number of aromatic nitrogens is 3. The van der Waals surface area contributed by atoms with Crippen LogP contribution in [0.15, 0.2) is 30.5 Å². The van der Waals surface area contributed by atoms with Gasteiger partial charge in [0, 0.05) is 13.1 Å². The zero-order chi connectivity index (χ0) is 17.9. The number of ether oxygens (including phenoxy) is 1. The number of benzene rings is 1. The molecule has 1 aromatic carbocycles. The third-order valence-electron chi connectivity index (χ3n) is 4.07. The standard InChI is InChI=1S/C16H21N5O3S/c1-3-24-14-7-5-4-6-13(14)18-15-10-17-20-16(19-15)21(2)12-8-9-25(22,23)11-12/h4-7,10,12H,3,8-9,11H2,1-2H3,(H,18,19,20). The molecule has 1 unspecified atom stereocenters. The number of nitrogens with one attached hydrogen (secondary N) is 1. The average Bonchev–Trinajstić information content (AvgIpc) is 2.96. The Hall–Kier alpha value is -2.42. The molecule has 0 radical (unpaired) electrons. The van der Waals surface area contributed by atoms with E-state index in [2.05, 4.69) is 20.5 Å². The summed E-state index contributed by atoms with van der Waals surface area (Å²) in [5.74, 6) is 1.96. The van der Waals surface area contributed by atoms with Crippen LogP contribution in [0.3, 0.4) is 0 Å². The van der Waals surface area contributed by atoms with Gasteiger partial charge in [-0.25, -0.2) is 8.42 Å². The number of anilines is 3. The minimum absolute atomic E-state index is 0.123. The fourth-order valence-corrected chi connectivity index (χ4v) is 4.51. The summed E-state index contributed by atoms with van der Waals surface area (Å²) in [5, 5.41) is 11.2. The van der Waals surface area contributed by atoms with Crippen LogP contribution in [0.1, 0.15) is 13.3 Å². The lowest BCUT2D eigenvalue weighted by Crippen LogP contribution is -2.34. The summed E-state index contributed by atoms with van der Waals surface area (Å²) >= 11 is 0. The van der Waals surface area contributed by atoms with E-state index in [4.69, 9.17) is 4.74 Å². The molecule has 1 aliphatic rings. The predicted octanol–water partition coefficient (Wildman–Crippen LogP) is 1.64. The molecule has 3 rings (SSSR count). The molecule has 0 bridgehead atoms. The van der Waals surface area contributed by atoms with E-state index in [9.17, 15) is 8.42 Å². The van der Waals surface area contributed by atoms with Gasteiger partial charge in [-0.05, 0) is 25.5 Å². The molecule has 0 aliphatic carbocycles. The molecule has 0 amide bonds. The van der Waals surface area contributed by atoms with Crippen LogP contribution in [0.5, 0.6) is 5.75 Å². The molecule has 1 saturated heterocycles. The van der Waals surface area contributed by atoms with Gasteiger partial charge in [-0.3, -0.25) is 0 Å². The number of para-hydroxylation sites is 2. The van der Waals surface area contributed by atoms with Crippen molar-refractivity contribution in [2.45, 2.75) is 19.4 Å². The summed E-state index contributed by atoms with van der Waals surface area (Å²) in [6.07, 6.45) is 2.10. The second-order valence-corrected chi connectivity index (χ2v) is 8.09. The fourth-order valence-electron chi connectivity index (χ4n) is 2.74. The molecule has 134 valence electrons. The molecule has 9 heteroatoms. The van der Waals surface area contributed by atoms with E-state index in [0.29, 0.717) is 24.8 Å². The first-order chi connectivity index (χ1) is 12.0. The Balaban J connectivity index is 1.78. The van der Waals surface area contributed by atoms with Gasteiger partial charge < -0.3 is 15.0 Å². The van der Waals surface area contributed by atoms with E-state index in [-0.39, 0.29) is 17.5 Å². The summed E-state index contributed by atoms with van der Waals surface area (Å²) in [5.41, 5.74) is 0.780. The maximum absolute atomic E-state index is 11.7. The van der Waals surface area contributed by atoms with Crippen LogP contribution in [0.2, 0.25) is 0 Å². The van der Waals surface area contributed by atoms with Gasteiger partial charge in [0.15, 0.2) is 15.7 Å². The van der Waals surface area contributed by atoms with E-state index < -0.39 is 9.84 Å². The molecule has 2 heterocycles. The SMILES string of the molecule is CCOc1ccccc1Nc1cnnc(N(C)C2CCS(=O)(=O)C2)n1. The second-order valence-electron chi connectivity index (χ2n) is 5.86. The highest BCUT2D eigenvalue weighted by molar-refractivity contribution is 7.91. The van der Waals surface area contributed by atoms with Crippen LogP contribution in [-0.4, -0.2) is 54.8 Å². The molecular weight excluding hydrogens is 342 g/mol. The largest absolute Gasteiger partial charge is 0.492 e. The van der Waals surface area contributed by atoms with Crippen molar-refractivity contribution in [2.75, 3.05) is 35.4 Å². The van der Waals surface area contributed by atoms with Gasteiger partial charge >= 0.3 is 0 Å². The molecule has 0 saturated carbocycles. The van der Waals surface area contributed by atoms with Crippen LogP contribution >= 0.6 is 0 Å². The van der Waals surface area contributed by atoms with Gasteiger partial charge in [-0.2, -0.15) is 10.1 Å². The Morgan fingerprint density at radius 3 is 2.88 bits per heavy atom. The maximum atomic E-state index is 11.7. The van der Waals surface area contributed by atoms with Crippen LogP contribution in [0, 0.1) is 0 Å². The molecule has 1 aliphatic heterocycles. The highest BCUT2D eigenvalue weighted by Gasteiger charge is 2.32. The molecule has 1 aromatic heterocycles. The molecule has 25 heavy (non-hydrogen) atoms. The van der Waals surface area contributed by atoms with Crippen molar-refractivity contribution < 1.29 is 13.2 Å². The quantitative estimate of drug-likeness (QED) is 0.827. The number of hydrogen-bond acceptors (Lipinski definition) is 8. The van der Waals surface area contributed by atoms with Crippen LogP contribution < -0.4 is 15.0 Å². The lowest BCUT2D eigenvalue weighted by atomic mass is 10.2. The summed E-state index contributed by atoms with van der Waals surface area (Å²) in [7, 11) is -1.18. The van der Waals surface area contributed by atoms with Crippen LogP contribution in [0.4, 0.5) is 17.5 Å². The third-order valence-corrected chi connectivity index (χ3v) is 5.82.